The molecule has 4 nitrogen and oxygen atoms in total. The van der Waals surface area contributed by atoms with E-state index in [0.717, 1.165) is 30.2 Å². The monoisotopic (exact) mass is 353 g/mol. The number of benzene rings is 2. The minimum atomic E-state index is -0.228. The summed E-state index contributed by atoms with van der Waals surface area (Å²) < 4.78 is 5.29. The van der Waals surface area contributed by atoms with E-state index in [4.69, 9.17) is 4.74 Å². The average Bonchev–Trinajstić information content (AvgIpc) is 2.90. The molecule has 2 amide bonds. The molecule has 128 valence electrons. The molecule has 0 radical (unpaired) electrons. The number of hydrogen-bond acceptors (Lipinski definition) is 4. The highest BCUT2D eigenvalue weighted by atomic mass is 32.2. The summed E-state index contributed by atoms with van der Waals surface area (Å²) >= 11 is 0.985. The summed E-state index contributed by atoms with van der Waals surface area (Å²) in [5.74, 6) is 0.451. The van der Waals surface area contributed by atoms with Gasteiger partial charge in [-0.05, 0) is 42.3 Å². The maximum Gasteiger partial charge on any atom is 0.293 e. The second kappa shape index (κ2) is 8.03. The number of methoxy groups -OCH3 is 1. The molecule has 1 fully saturated rings. The van der Waals surface area contributed by atoms with Crippen LogP contribution in [0.1, 0.15) is 17.5 Å². The third kappa shape index (κ3) is 4.12. The Bertz CT molecular complexity index is 802. The zero-order chi connectivity index (χ0) is 17.6. The standard InChI is InChI=1S/C20H19NO3S/c1-24-17-12-6-5-11-16(17)14-18-19(22)21(20(23)25-18)13-7-10-15-8-3-2-4-9-15/h2-6,8-9,11-12,14H,7,10,13H2,1H3/b18-14+. The second-order valence-corrected chi connectivity index (χ2v) is 6.66. The summed E-state index contributed by atoms with van der Waals surface area (Å²) in [6.45, 7) is 0.433. The van der Waals surface area contributed by atoms with Crippen molar-refractivity contribution in [2.45, 2.75) is 12.8 Å². The largest absolute Gasteiger partial charge is 0.496 e. The molecule has 1 heterocycles. The van der Waals surface area contributed by atoms with Gasteiger partial charge in [-0.2, -0.15) is 0 Å². The minimum absolute atomic E-state index is 0.209. The van der Waals surface area contributed by atoms with Crippen LogP contribution in [-0.4, -0.2) is 29.7 Å². The number of hydrogen-bond donors (Lipinski definition) is 0. The fraction of sp³-hybridized carbons (Fsp3) is 0.200. The molecule has 2 aromatic rings. The van der Waals surface area contributed by atoms with Gasteiger partial charge in [-0.3, -0.25) is 14.5 Å². The quantitative estimate of drug-likeness (QED) is 0.724. The maximum absolute atomic E-state index is 12.5. The van der Waals surface area contributed by atoms with Crippen molar-refractivity contribution in [1.29, 1.82) is 0 Å². The Morgan fingerprint density at radius 2 is 1.76 bits per heavy atom. The maximum atomic E-state index is 12.5. The molecule has 0 aliphatic carbocycles. The van der Waals surface area contributed by atoms with Crippen LogP contribution in [0.4, 0.5) is 4.79 Å². The van der Waals surface area contributed by atoms with Gasteiger partial charge in [0.25, 0.3) is 11.1 Å². The Labute approximate surface area is 151 Å². The molecule has 5 heteroatoms. The van der Waals surface area contributed by atoms with Crippen molar-refractivity contribution in [3.63, 3.8) is 0 Å². The van der Waals surface area contributed by atoms with Gasteiger partial charge in [0.15, 0.2) is 0 Å². The summed E-state index contributed by atoms with van der Waals surface area (Å²) in [5, 5.41) is -0.209. The molecule has 0 bridgehead atoms. The van der Waals surface area contributed by atoms with Crippen LogP contribution in [0.25, 0.3) is 6.08 Å². The number of carbonyl (C=O) groups is 2. The van der Waals surface area contributed by atoms with E-state index in [1.807, 2.05) is 42.5 Å². The van der Waals surface area contributed by atoms with E-state index in [9.17, 15) is 9.59 Å². The number of amides is 2. The van der Waals surface area contributed by atoms with Crippen LogP contribution < -0.4 is 4.74 Å². The van der Waals surface area contributed by atoms with E-state index < -0.39 is 0 Å². The Kier molecular flexibility index (Phi) is 5.56. The first-order valence-corrected chi connectivity index (χ1v) is 8.93. The predicted octanol–water partition coefficient (Wildman–Crippen LogP) is 4.36. The molecule has 2 aromatic carbocycles. The van der Waals surface area contributed by atoms with Gasteiger partial charge in [-0.1, -0.05) is 48.5 Å². The van der Waals surface area contributed by atoms with Crippen LogP contribution in [0.15, 0.2) is 59.5 Å². The van der Waals surface area contributed by atoms with Gasteiger partial charge in [0, 0.05) is 12.1 Å². The lowest BCUT2D eigenvalue weighted by molar-refractivity contribution is -0.122. The van der Waals surface area contributed by atoms with E-state index in [1.165, 1.54) is 10.5 Å². The zero-order valence-electron chi connectivity index (χ0n) is 14.0. The molecule has 1 aliphatic heterocycles. The summed E-state index contributed by atoms with van der Waals surface area (Å²) in [6.07, 6.45) is 3.32. The first-order valence-electron chi connectivity index (χ1n) is 8.11. The predicted molar refractivity (Wildman–Crippen MR) is 100 cm³/mol. The lowest BCUT2D eigenvalue weighted by Crippen LogP contribution is -2.29. The van der Waals surface area contributed by atoms with Gasteiger partial charge in [0.1, 0.15) is 5.75 Å². The first-order chi connectivity index (χ1) is 12.2. The Morgan fingerprint density at radius 3 is 2.52 bits per heavy atom. The molecule has 0 N–H and O–H groups in total. The minimum Gasteiger partial charge on any atom is -0.496 e. The topological polar surface area (TPSA) is 46.6 Å². The van der Waals surface area contributed by atoms with E-state index in [2.05, 4.69) is 12.1 Å². The van der Waals surface area contributed by atoms with Crippen molar-refractivity contribution in [2.24, 2.45) is 0 Å². The van der Waals surface area contributed by atoms with Crippen LogP contribution in [0.5, 0.6) is 5.75 Å². The lowest BCUT2D eigenvalue weighted by atomic mass is 10.1. The molecule has 0 atom stereocenters. The molecule has 0 saturated carbocycles. The van der Waals surface area contributed by atoms with Crippen LogP contribution >= 0.6 is 11.8 Å². The molecule has 25 heavy (non-hydrogen) atoms. The van der Waals surface area contributed by atoms with Gasteiger partial charge in [-0.25, -0.2) is 0 Å². The lowest BCUT2D eigenvalue weighted by Gasteiger charge is -2.12. The van der Waals surface area contributed by atoms with E-state index >= 15 is 0 Å². The van der Waals surface area contributed by atoms with Crippen LogP contribution in [0.2, 0.25) is 0 Å². The van der Waals surface area contributed by atoms with Crippen LogP contribution in [-0.2, 0) is 11.2 Å². The zero-order valence-corrected chi connectivity index (χ0v) is 14.8. The summed E-state index contributed by atoms with van der Waals surface area (Å²) in [6, 6.07) is 17.5. The molecule has 1 saturated heterocycles. The normalized spacial score (nSPS) is 15.9. The second-order valence-electron chi connectivity index (χ2n) is 5.66. The number of rotatable bonds is 6. The number of carbonyl (C=O) groups excluding carboxylic acids is 2. The highest BCUT2D eigenvalue weighted by Crippen LogP contribution is 2.34. The van der Waals surface area contributed by atoms with Gasteiger partial charge in [0.2, 0.25) is 0 Å². The summed E-state index contributed by atoms with van der Waals surface area (Å²) in [7, 11) is 1.59. The fourth-order valence-corrected chi connectivity index (χ4v) is 3.56. The van der Waals surface area contributed by atoms with Crippen molar-refractivity contribution in [3.8, 4) is 5.75 Å². The Morgan fingerprint density at radius 1 is 1.04 bits per heavy atom. The van der Waals surface area contributed by atoms with E-state index in [1.54, 1.807) is 13.2 Å². The molecule has 0 unspecified atom stereocenters. The number of imide groups is 1. The first kappa shape index (κ1) is 17.3. The van der Waals surface area contributed by atoms with Crippen molar-refractivity contribution in [1.82, 2.24) is 4.90 Å². The van der Waals surface area contributed by atoms with E-state index in [-0.39, 0.29) is 11.1 Å². The number of nitrogens with zero attached hydrogens (tertiary/aromatic N) is 1. The van der Waals surface area contributed by atoms with Crippen molar-refractivity contribution in [2.75, 3.05) is 13.7 Å². The van der Waals surface area contributed by atoms with Gasteiger partial charge < -0.3 is 4.74 Å². The number of ether oxygens (including phenoxy) is 1. The molecule has 0 spiro atoms. The number of aryl methyl sites for hydroxylation is 1. The smallest absolute Gasteiger partial charge is 0.293 e. The van der Waals surface area contributed by atoms with Gasteiger partial charge >= 0.3 is 0 Å². The fourth-order valence-electron chi connectivity index (χ4n) is 2.71. The van der Waals surface area contributed by atoms with Crippen molar-refractivity contribution >= 4 is 29.0 Å². The molecular formula is C20H19NO3S. The third-order valence-electron chi connectivity index (χ3n) is 3.99. The molecule has 3 rings (SSSR count). The van der Waals surface area contributed by atoms with Crippen LogP contribution in [0, 0.1) is 0 Å². The van der Waals surface area contributed by atoms with Crippen molar-refractivity contribution in [3.05, 3.63) is 70.6 Å². The Balaban J connectivity index is 1.66. The third-order valence-corrected chi connectivity index (χ3v) is 4.90. The Hall–Kier alpha value is -2.53. The van der Waals surface area contributed by atoms with Crippen molar-refractivity contribution < 1.29 is 14.3 Å². The highest BCUT2D eigenvalue weighted by Gasteiger charge is 2.34. The SMILES string of the molecule is COc1ccccc1/C=C1/SC(=O)N(CCCc2ccccc2)C1=O. The van der Waals surface area contributed by atoms with Gasteiger partial charge in [0.05, 0.1) is 12.0 Å². The summed E-state index contributed by atoms with van der Waals surface area (Å²) in [5.41, 5.74) is 2.00. The van der Waals surface area contributed by atoms with Crippen LogP contribution in [0.3, 0.4) is 0 Å². The molecule has 0 aromatic heterocycles. The van der Waals surface area contributed by atoms with E-state index in [0.29, 0.717) is 17.2 Å². The number of para-hydroxylation sites is 1. The average molecular weight is 353 g/mol. The molecule has 1 aliphatic rings. The molecular weight excluding hydrogens is 334 g/mol. The highest BCUT2D eigenvalue weighted by molar-refractivity contribution is 8.18. The number of thioether (sulfide) groups is 1. The van der Waals surface area contributed by atoms with Gasteiger partial charge in [-0.15, -0.1) is 0 Å². The summed E-state index contributed by atoms with van der Waals surface area (Å²) in [4.78, 5) is 26.5.